The summed E-state index contributed by atoms with van der Waals surface area (Å²) in [6.45, 7) is 5.14. The number of halogens is 1. The van der Waals surface area contributed by atoms with Gasteiger partial charge in [-0.15, -0.1) is 5.10 Å². The topological polar surface area (TPSA) is 128 Å². The number of aryl methyl sites for hydroxylation is 1. The van der Waals surface area contributed by atoms with Crippen molar-refractivity contribution in [2.24, 2.45) is 0 Å². The summed E-state index contributed by atoms with van der Waals surface area (Å²) in [5, 5.41) is 36.9. The van der Waals surface area contributed by atoms with Crippen molar-refractivity contribution in [3.05, 3.63) is 46.6 Å². The Bertz CT molecular complexity index is 1020. The number of carbonyl (C=O) groups is 1. The van der Waals surface area contributed by atoms with Crippen LogP contribution in [-0.4, -0.2) is 86.8 Å². The second-order valence-electron chi connectivity index (χ2n) is 10.3. The molecule has 1 amide bonds. The maximum atomic E-state index is 14.1. The molecule has 4 N–H and O–H groups in total. The number of likely N-dealkylation sites (tertiary alicyclic amines) is 1. The number of amides is 1. The molecule has 2 saturated heterocycles. The average Bonchev–Trinajstić information content (AvgIpc) is 3.56. The van der Waals surface area contributed by atoms with Crippen molar-refractivity contribution in [1.82, 2.24) is 15.1 Å². The average molecular weight is 520 g/mol. The Kier molecular flexibility index (Phi) is 9.17. The number of carbonyl (C=O) groups excluding carboxylic acids is 1. The number of nitrogens with one attached hydrogen (secondary N) is 1. The molecule has 5 unspecified atom stereocenters. The first-order chi connectivity index (χ1) is 17.8. The van der Waals surface area contributed by atoms with Gasteiger partial charge in [0, 0.05) is 37.2 Å². The Morgan fingerprint density at radius 2 is 1.86 bits per heavy atom. The van der Waals surface area contributed by atoms with Gasteiger partial charge in [0.05, 0.1) is 6.61 Å². The first-order valence-electron chi connectivity index (χ1n) is 13.1. The quantitative estimate of drug-likeness (QED) is 0.379. The minimum atomic E-state index is -1.93. The molecule has 1 aromatic heterocycles. The molecule has 10 heteroatoms. The zero-order valence-corrected chi connectivity index (χ0v) is 21.5. The number of benzene rings is 1. The first kappa shape index (κ1) is 27.5. The van der Waals surface area contributed by atoms with Gasteiger partial charge in [-0.05, 0) is 42.7 Å². The highest BCUT2D eigenvalue weighted by molar-refractivity contribution is 5.76. The lowest BCUT2D eigenvalue weighted by Crippen LogP contribution is -2.58. The van der Waals surface area contributed by atoms with Crippen molar-refractivity contribution >= 4 is 5.91 Å². The van der Waals surface area contributed by atoms with E-state index in [9.17, 15) is 24.5 Å². The van der Waals surface area contributed by atoms with E-state index in [-0.39, 0.29) is 17.7 Å². The van der Waals surface area contributed by atoms with Crippen LogP contribution in [0.2, 0.25) is 0 Å². The fourth-order valence-corrected chi connectivity index (χ4v) is 4.95. The number of aromatic nitrogens is 2. The molecule has 5 atom stereocenters. The zero-order valence-electron chi connectivity index (χ0n) is 21.5. The SMILES string of the molecule is CC(C)c1[nH]nc(OC2OC(CO)C(F)C(O)C2O)c1Cc1ccc(CCCC(=O)N2CCCC2)cc1. The molecule has 2 aromatic rings. The number of alkyl halides is 1. The van der Waals surface area contributed by atoms with E-state index in [1.807, 2.05) is 30.9 Å². The number of nitrogens with zero attached hydrogens (tertiary/aromatic N) is 2. The van der Waals surface area contributed by atoms with Crippen LogP contribution < -0.4 is 4.74 Å². The smallest absolute Gasteiger partial charge is 0.238 e. The summed E-state index contributed by atoms with van der Waals surface area (Å²) in [7, 11) is 0. The number of rotatable bonds is 10. The van der Waals surface area contributed by atoms with Crippen LogP contribution in [0.4, 0.5) is 4.39 Å². The van der Waals surface area contributed by atoms with Crippen LogP contribution in [0.1, 0.15) is 67.8 Å². The van der Waals surface area contributed by atoms with Gasteiger partial charge in [-0.1, -0.05) is 38.1 Å². The predicted octanol–water partition coefficient (Wildman–Crippen LogP) is 2.22. The fraction of sp³-hybridized carbons (Fsp3) is 0.630. The van der Waals surface area contributed by atoms with Gasteiger partial charge in [-0.2, -0.15) is 0 Å². The van der Waals surface area contributed by atoms with Crippen LogP contribution in [0.3, 0.4) is 0 Å². The Balaban J connectivity index is 1.40. The number of aliphatic hydroxyl groups is 3. The second-order valence-corrected chi connectivity index (χ2v) is 10.3. The highest BCUT2D eigenvalue weighted by Gasteiger charge is 2.46. The van der Waals surface area contributed by atoms with E-state index in [0.29, 0.717) is 12.8 Å². The number of ether oxygens (including phenoxy) is 2. The molecule has 37 heavy (non-hydrogen) atoms. The maximum absolute atomic E-state index is 14.1. The molecule has 9 nitrogen and oxygen atoms in total. The standard InChI is InChI=1S/C27H38FN3O6/c1-16(2)23-19(26(30-29-23)37-27-25(35)24(34)22(28)20(15-32)36-27)14-18-10-8-17(9-11-18)6-5-7-21(33)31-12-3-4-13-31/h8-11,16,20,22,24-25,27,32,34-35H,3-7,12-15H2,1-2H3,(H,29,30). The highest BCUT2D eigenvalue weighted by Crippen LogP contribution is 2.31. The van der Waals surface area contributed by atoms with Gasteiger partial charge in [0.1, 0.15) is 18.3 Å². The summed E-state index contributed by atoms with van der Waals surface area (Å²) in [5.41, 5.74) is 3.81. The lowest BCUT2D eigenvalue weighted by molar-refractivity contribution is -0.265. The van der Waals surface area contributed by atoms with E-state index in [4.69, 9.17) is 9.47 Å². The molecule has 0 spiro atoms. The van der Waals surface area contributed by atoms with Gasteiger partial charge >= 0.3 is 0 Å². The molecule has 3 heterocycles. The van der Waals surface area contributed by atoms with E-state index < -0.39 is 37.4 Å². The van der Waals surface area contributed by atoms with Crippen LogP contribution in [-0.2, 0) is 22.4 Å². The van der Waals surface area contributed by atoms with Crippen LogP contribution >= 0.6 is 0 Å². The first-order valence-corrected chi connectivity index (χ1v) is 13.1. The number of hydrogen-bond acceptors (Lipinski definition) is 7. The zero-order chi connectivity index (χ0) is 26.5. The van der Waals surface area contributed by atoms with Crippen molar-refractivity contribution in [1.29, 1.82) is 0 Å². The normalized spacial score (nSPS) is 26.1. The van der Waals surface area contributed by atoms with Crippen molar-refractivity contribution in [3.8, 4) is 5.88 Å². The molecule has 0 saturated carbocycles. The second kappa shape index (κ2) is 12.3. The Morgan fingerprint density at radius 1 is 1.19 bits per heavy atom. The summed E-state index contributed by atoms with van der Waals surface area (Å²) in [6.07, 6.45) is -3.09. The minimum Gasteiger partial charge on any atom is -0.443 e. The third-order valence-corrected chi connectivity index (χ3v) is 7.18. The van der Waals surface area contributed by atoms with Crippen LogP contribution in [0.5, 0.6) is 5.88 Å². The molecule has 2 fully saturated rings. The van der Waals surface area contributed by atoms with Gasteiger partial charge in [0.25, 0.3) is 0 Å². The lowest BCUT2D eigenvalue weighted by Gasteiger charge is -2.38. The van der Waals surface area contributed by atoms with E-state index in [1.54, 1.807) is 0 Å². The molecule has 0 radical (unpaired) electrons. The molecule has 204 valence electrons. The number of H-pyrrole nitrogens is 1. The fourth-order valence-electron chi connectivity index (χ4n) is 4.95. The molecule has 4 rings (SSSR count). The molecular formula is C27H38FN3O6. The molecular weight excluding hydrogens is 481 g/mol. The van der Waals surface area contributed by atoms with Gasteiger partial charge in [0.15, 0.2) is 6.17 Å². The number of aliphatic hydroxyl groups excluding tert-OH is 3. The third-order valence-electron chi connectivity index (χ3n) is 7.18. The van der Waals surface area contributed by atoms with Gasteiger partial charge in [0.2, 0.25) is 18.1 Å². The van der Waals surface area contributed by atoms with Gasteiger partial charge < -0.3 is 29.7 Å². The molecule has 2 aliphatic heterocycles. The summed E-state index contributed by atoms with van der Waals surface area (Å²) < 4.78 is 25.3. The van der Waals surface area contributed by atoms with E-state index in [1.165, 1.54) is 0 Å². The van der Waals surface area contributed by atoms with Gasteiger partial charge in [-0.3, -0.25) is 9.89 Å². The van der Waals surface area contributed by atoms with Crippen molar-refractivity contribution in [3.63, 3.8) is 0 Å². The maximum Gasteiger partial charge on any atom is 0.238 e. The predicted molar refractivity (Wildman–Crippen MR) is 134 cm³/mol. The molecule has 1 aromatic carbocycles. The molecule has 0 aliphatic carbocycles. The number of aromatic amines is 1. The Hall–Kier alpha value is -2.53. The van der Waals surface area contributed by atoms with Crippen LogP contribution in [0.15, 0.2) is 24.3 Å². The lowest BCUT2D eigenvalue weighted by atomic mass is 9.98. The Morgan fingerprint density at radius 3 is 2.51 bits per heavy atom. The summed E-state index contributed by atoms with van der Waals surface area (Å²) in [4.78, 5) is 14.2. The minimum absolute atomic E-state index is 0.107. The largest absolute Gasteiger partial charge is 0.443 e. The molecule has 0 bridgehead atoms. The van der Waals surface area contributed by atoms with Gasteiger partial charge in [-0.25, -0.2) is 4.39 Å². The summed E-state index contributed by atoms with van der Waals surface area (Å²) in [5.74, 6) is 0.545. The number of hydrogen-bond donors (Lipinski definition) is 4. The van der Waals surface area contributed by atoms with Crippen LogP contribution in [0.25, 0.3) is 0 Å². The van der Waals surface area contributed by atoms with Crippen molar-refractivity contribution in [2.45, 2.75) is 89.1 Å². The highest BCUT2D eigenvalue weighted by atomic mass is 19.1. The Labute approximate surface area is 216 Å². The summed E-state index contributed by atoms with van der Waals surface area (Å²) in [6, 6.07) is 8.18. The van der Waals surface area contributed by atoms with E-state index >= 15 is 0 Å². The van der Waals surface area contributed by atoms with E-state index in [0.717, 1.165) is 61.2 Å². The third kappa shape index (κ3) is 6.49. The van der Waals surface area contributed by atoms with Crippen molar-refractivity contribution < 1.29 is 34.0 Å². The monoisotopic (exact) mass is 519 g/mol. The summed E-state index contributed by atoms with van der Waals surface area (Å²) >= 11 is 0. The van der Waals surface area contributed by atoms with Crippen molar-refractivity contribution in [2.75, 3.05) is 19.7 Å². The molecule has 2 aliphatic rings. The van der Waals surface area contributed by atoms with E-state index in [2.05, 4.69) is 22.3 Å². The van der Waals surface area contributed by atoms with Crippen LogP contribution in [0, 0.1) is 0 Å².